The van der Waals surface area contributed by atoms with Crippen molar-refractivity contribution in [2.75, 3.05) is 6.61 Å². The van der Waals surface area contributed by atoms with E-state index in [0.29, 0.717) is 10.9 Å². The minimum absolute atomic E-state index is 0.0331. The summed E-state index contributed by atoms with van der Waals surface area (Å²) in [5.41, 5.74) is 1.82. The van der Waals surface area contributed by atoms with Crippen LogP contribution in [-0.4, -0.2) is 26.0 Å². The van der Waals surface area contributed by atoms with Gasteiger partial charge in [0.2, 0.25) is 9.84 Å². The van der Waals surface area contributed by atoms with Crippen molar-refractivity contribution in [3.8, 4) is 0 Å². The molecule has 2 aromatic carbocycles. The van der Waals surface area contributed by atoms with E-state index in [1.54, 1.807) is 43.3 Å². The van der Waals surface area contributed by atoms with E-state index < -0.39 is 15.8 Å². The van der Waals surface area contributed by atoms with Crippen LogP contribution in [0.15, 0.2) is 58.5 Å². The SMILES string of the molecule is CCOC(=O)c1ccc2ncc(S(=O)(=O)c3ccc(CC)cc3)c(Cl)c2c1. The number of aryl methyl sites for hydroxylation is 1. The maximum absolute atomic E-state index is 13.0. The fourth-order valence-electron chi connectivity index (χ4n) is 2.70. The van der Waals surface area contributed by atoms with Gasteiger partial charge in [0.1, 0.15) is 4.90 Å². The molecule has 0 N–H and O–H groups in total. The largest absolute Gasteiger partial charge is 0.462 e. The van der Waals surface area contributed by atoms with Crippen LogP contribution in [0.2, 0.25) is 5.02 Å². The van der Waals surface area contributed by atoms with Gasteiger partial charge in [-0.3, -0.25) is 4.98 Å². The molecule has 0 fully saturated rings. The molecule has 5 nitrogen and oxygen atoms in total. The third-order valence-corrected chi connectivity index (χ3v) is 6.51. The molecule has 0 saturated heterocycles. The van der Waals surface area contributed by atoms with Gasteiger partial charge in [-0.1, -0.05) is 30.7 Å². The molecule has 0 spiro atoms. The number of aromatic nitrogens is 1. The topological polar surface area (TPSA) is 73.3 Å². The van der Waals surface area contributed by atoms with Crippen molar-refractivity contribution in [2.45, 2.75) is 30.1 Å². The molecule has 0 aliphatic rings. The monoisotopic (exact) mass is 403 g/mol. The molecule has 3 rings (SSSR count). The minimum Gasteiger partial charge on any atom is -0.462 e. The quantitative estimate of drug-likeness (QED) is 0.588. The Kier molecular flexibility index (Phi) is 5.48. The molecule has 0 amide bonds. The maximum Gasteiger partial charge on any atom is 0.338 e. The van der Waals surface area contributed by atoms with E-state index in [1.807, 2.05) is 6.92 Å². The van der Waals surface area contributed by atoms with Gasteiger partial charge in [-0.15, -0.1) is 0 Å². The Morgan fingerprint density at radius 3 is 2.44 bits per heavy atom. The first kappa shape index (κ1) is 19.3. The Hall–Kier alpha value is -2.44. The van der Waals surface area contributed by atoms with Crippen molar-refractivity contribution in [1.82, 2.24) is 4.98 Å². The van der Waals surface area contributed by atoms with Crippen LogP contribution in [0.3, 0.4) is 0 Å². The molecular formula is C20H18ClNO4S. The highest BCUT2D eigenvalue weighted by Gasteiger charge is 2.23. The normalized spacial score (nSPS) is 11.5. The number of carbonyl (C=O) groups is 1. The number of hydrogen-bond acceptors (Lipinski definition) is 5. The summed E-state index contributed by atoms with van der Waals surface area (Å²) in [4.78, 5) is 16.2. The smallest absolute Gasteiger partial charge is 0.338 e. The summed E-state index contributed by atoms with van der Waals surface area (Å²) < 4.78 is 31.0. The first-order chi connectivity index (χ1) is 12.9. The number of ether oxygens (including phenoxy) is 1. The lowest BCUT2D eigenvalue weighted by Crippen LogP contribution is -2.06. The first-order valence-electron chi connectivity index (χ1n) is 8.48. The lowest BCUT2D eigenvalue weighted by Gasteiger charge is -2.10. The third kappa shape index (κ3) is 3.68. The molecule has 0 radical (unpaired) electrons. The Labute approximate surface area is 162 Å². The Bertz CT molecular complexity index is 1110. The summed E-state index contributed by atoms with van der Waals surface area (Å²) in [6.45, 7) is 3.95. The van der Waals surface area contributed by atoms with E-state index in [4.69, 9.17) is 16.3 Å². The number of fused-ring (bicyclic) bond motifs is 1. The van der Waals surface area contributed by atoms with Gasteiger partial charge in [0.25, 0.3) is 0 Å². The van der Waals surface area contributed by atoms with Crippen LogP contribution in [0.5, 0.6) is 0 Å². The molecule has 3 aromatic rings. The summed E-state index contributed by atoms with van der Waals surface area (Å²) in [7, 11) is -3.84. The average molecular weight is 404 g/mol. The zero-order chi connectivity index (χ0) is 19.6. The van der Waals surface area contributed by atoms with Gasteiger partial charge in [0.15, 0.2) is 0 Å². The van der Waals surface area contributed by atoms with Gasteiger partial charge in [0, 0.05) is 11.6 Å². The fourth-order valence-corrected chi connectivity index (χ4v) is 4.49. The number of carbonyl (C=O) groups excluding carboxylic acids is 1. The molecule has 140 valence electrons. The van der Waals surface area contributed by atoms with Crippen LogP contribution in [0.25, 0.3) is 10.9 Å². The second kappa shape index (κ2) is 7.66. The molecule has 0 unspecified atom stereocenters. The predicted molar refractivity (Wildman–Crippen MR) is 104 cm³/mol. The van der Waals surface area contributed by atoms with E-state index in [0.717, 1.165) is 12.0 Å². The van der Waals surface area contributed by atoms with Gasteiger partial charge in [-0.25, -0.2) is 13.2 Å². The number of esters is 1. The summed E-state index contributed by atoms with van der Waals surface area (Å²) in [5.74, 6) is -0.501. The Balaban J connectivity index is 2.13. The molecule has 7 heteroatoms. The molecule has 0 aliphatic heterocycles. The number of pyridine rings is 1. The van der Waals surface area contributed by atoms with E-state index in [-0.39, 0.29) is 27.0 Å². The van der Waals surface area contributed by atoms with Crippen molar-refractivity contribution >= 4 is 38.3 Å². The fraction of sp³-hybridized carbons (Fsp3) is 0.200. The summed E-state index contributed by atoms with van der Waals surface area (Å²) in [6.07, 6.45) is 2.06. The highest BCUT2D eigenvalue weighted by atomic mass is 35.5. The van der Waals surface area contributed by atoms with Crippen LogP contribution in [-0.2, 0) is 21.0 Å². The van der Waals surface area contributed by atoms with Crippen molar-refractivity contribution in [3.05, 3.63) is 64.8 Å². The number of sulfone groups is 1. The molecule has 1 aromatic heterocycles. The number of halogens is 1. The first-order valence-corrected chi connectivity index (χ1v) is 10.3. The third-order valence-electron chi connectivity index (χ3n) is 4.21. The number of nitrogens with zero attached hydrogens (tertiary/aromatic N) is 1. The minimum atomic E-state index is -3.84. The zero-order valence-corrected chi connectivity index (χ0v) is 16.5. The van der Waals surface area contributed by atoms with E-state index in [1.165, 1.54) is 12.3 Å². The van der Waals surface area contributed by atoms with Crippen LogP contribution >= 0.6 is 11.6 Å². The van der Waals surface area contributed by atoms with E-state index in [2.05, 4.69) is 4.98 Å². The predicted octanol–water partition coefficient (Wildman–Crippen LogP) is 4.46. The number of hydrogen-bond donors (Lipinski definition) is 0. The molecule has 0 saturated carbocycles. The van der Waals surface area contributed by atoms with E-state index >= 15 is 0 Å². The van der Waals surface area contributed by atoms with Gasteiger partial charge >= 0.3 is 5.97 Å². The van der Waals surface area contributed by atoms with E-state index in [9.17, 15) is 13.2 Å². The molecule has 0 atom stereocenters. The van der Waals surface area contributed by atoms with Crippen molar-refractivity contribution < 1.29 is 17.9 Å². The molecule has 0 bridgehead atoms. The van der Waals surface area contributed by atoms with Crippen molar-refractivity contribution in [1.29, 1.82) is 0 Å². The van der Waals surface area contributed by atoms with Crippen LogP contribution in [0.1, 0.15) is 29.8 Å². The molecule has 27 heavy (non-hydrogen) atoms. The van der Waals surface area contributed by atoms with Crippen LogP contribution < -0.4 is 0 Å². The summed E-state index contributed by atoms with van der Waals surface area (Å²) >= 11 is 6.42. The molecule has 0 aliphatic carbocycles. The average Bonchev–Trinajstić information content (AvgIpc) is 2.68. The second-order valence-corrected chi connectivity index (χ2v) is 8.19. The van der Waals surface area contributed by atoms with Crippen molar-refractivity contribution in [3.63, 3.8) is 0 Å². The zero-order valence-electron chi connectivity index (χ0n) is 14.9. The van der Waals surface area contributed by atoms with Gasteiger partial charge < -0.3 is 4.74 Å². The number of benzene rings is 2. The lowest BCUT2D eigenvalue weighted by molar-refractivity contribution is 0.0526. The maximum atomic E-state index is 13.0. The summed E-state index contributed by atoms with van der Waals surface area (Å²) in [5, 5.41) is 0.416. The summed E-state index contributed by atoms with van der Waals surface area (Å²) in [6, 6.07) is 11.3. The second-order valence-electron chi connectivity index (χ2n) is 5.89. The van der Waals surface area contributed by atoms with Gasteiger partial charge in [-0.05, 0) is 49.2 Å². The Morgan fingerprint density at radius 2 is 1.81 bits per heavy atom. The van der Waals surface area contributed by atoms with Crippen LogP contribution in [0, 0.1) is 0 Å². The lowest BCUT2D eigenvalue weighted by atomic mass is 10.1. The highest BCUT2D eigenvalue weighted by molar-refractivity contribution is 7.91. The number of rotatable bonds is 5. The standard InChI is InChI=1S/C20H18ClNO4S/c1-3-13-5-8-15(9-6-13)27(24,25)18-12-22-17-10-7-14(20(23)26-4-2)11-16(17)19(18)21/h5-12H,3-4H2,1-2H3. The van der Waals surface area contributed by atoms with Gasteiger partial charge in [0.05, 0.1) is 27.6 Å². The van der Waals surface area contributed by atoms with Crippen LogP contribution in [0.4, 0.5) is 0 Å². The highest BCUT2D eigenvalue weighted by Crippen LogP contribution is 2.33. The van der Waals surface area contributed by atoms with Crippen molar-refractivity contribution in [2.24, 2.45) is 0 Å². The molecular weight excluding hydrogens is 386 g/mol. The molecule has 1 heterocycles. The van der Waals surface area contributed by atoms with Gasteiger partial charge in [-0.2, -0.15) is 0 Å². The Morgan fingerprint density at radius 1 is 1.11 bits per heavy atom.